The molecule has 1 N–H and O–H groups in total. The number of carboxylic acids is 1. The van der Waals surface area contributed by atoms with Crippen molar-refractivity contribution in [3.05, 3.63) is 29.6 Å². The number of hydrogen-bond acceptors (Lipinski definition) is 3. The van der Waals surface area contributed by atoms with Gasteiger partial charge in [0.2, 0.25) is 0 Å². The monoisotopic (exact) mass is 246 g/mol. The average Bonchev–Trinajstić information content (AvgIpc) is 2.14. The maximum Gasteiger partial charge on any atom is 0.310 e. The molecule has 4 nitrogen and oxygen atoms in total. The van der Waals surface area contributed by atoms with Gasteiger partial charge in [-0.3, -0.25) is 4.79 Å². The summed E-state index contributed by atoms with van der Waals surface area (Å²) in [6.07, 6.45) is 0.941. The Bertz CT molecular complexity index is 522. The van der Waals surface area contributed by atoms with Gasteiger partial charge in [-0.1, -0.05) is 0 Å². The Labute approximate surface area is 92.6 Å². The van der Waals surface area contributed by atoms with Crippen LogP contribution in [0.4, 0.5) is 4.39 Å². The van der Waals surface area contributed by atoms with E-state index < -0.39 is 27.5 Å². The summed E-state index contributed by atoms with van der Waals surface area (Å²) in [5, 5.41) is 8.75. The molecule has 0 radical (unpaired) electrons. The van der Waals surface area contributed by atoms with Crippen LogP contribution < -0.4 is 0 Å². The number of benzene rings is 1. The second-order valence-corrected chi connectivity index (χ2v) is 5.57. The molecular formula is C10H11FO4S. The highest BCUT2D eigenvalue weighted by Gasteiger charge is 2.18. The van der Waals surface area contributed by atoms with Crippen molar-refractivity contribution in [1.29, 1.82) is 0 Å². The molecule has 1 rings (SSSR count). The fraction of sp³-hybridized carbons (Fsp3) is 0.300. The van der Waals surface area contributed by atoms with Gasteiger partial charge < -0.3 is 5.11 Å². The maximum absolute atomic E-state index is 13.1. The third-order valence-corrected chi connectivity index (χ3v) is 3.28. The van der Waals surface area contributed by atoms with E-state index in [9.17, 15) is 17.6 Å². The topological polar surface area (TPSA) is 71.4 Å². The Hall–Kier alpha value is -1.43. The first-order valence-electron chi connectivity index (χ1n) is 4.45. The first-order valence-corrected chi connectivity index (χ1v) is 6.34. The Morgan fingerprint density at radius 2 is 1.94 bits per heavy atom. The molecule has 0 saturated heterocycles. The molecule has 0 heterocycles. The minimum atomic E-state index is -3.54. The van der Waals surface area contributed by atoms with E-state index >= 15 is 0 Å². The van der Waals surface area contributed by atoms with Crippen LogP contribution in [-0.2, 0) is 14.6 Å². The highest BCUT2D eigenvalue weighted by atomic mass is 32.2. The predicted molar refractivity (Wildman–Crippen MR) is 55.6 cm³/mol. The van der Waals surface area contributed by atoms with Crippen LogP contribution >= 0.6 is 0 Å². The summed E-state index contributed by atoms with van der Waals surface area (Å²) in [7, 11) is -3.54. The van der Waals surface area contributed by atoms with Gasteiger partial charge in [0.1, 0.15) is 5.82 Å². The number of carboxylic acid groups (broad SMARTS) is 1. The zero-order valence-corrected chi connectivity index (χ0v) is 9.58. The molecule has 1 aromatic carbocycles. The molecule has 1 unspecified atom stereocenters. The molecule has 88 valence electrons. The van der Waals surface area contributed by atoms with Gasteiger partial charge in [0.15, 0.2) is 9.84 Å². The summed E-state index contributed by atoms with van der Waals surface area (Å²) < 4.78 is 35.6. The second-order valence-electron chi connectivity index (χ2n) is 3.55. The number of aliphatic carboxylic acids is 1. The molecule has 0 aromatic heterocycles. The lowest BCUT2D eigenvalue weighted by Gasteiger charge is -2.08. The molecular weight excluding hydrogens is 235 g/mol. The third kappa shape index (κ3) is 2.79. The second kappa shape index (κ2) is 4.21. The van der Waals surface area contributed by atoms with E-state index in [2.05, 4.69) is 0 Å². The minimum absolute atomic E-state index is 0.132. The normalized spacial score (nSPS) is 13.4. The molecule has 1 atom stereocenters. The standard InChI is InChI=1S/C10H11FO4S/c1-6(10(12)13)7-3-8(11)5-9(4-7)16(2,14)15/h3-6H,1-2H3,(H,12,13). The summed E-state index contributed by atoms with van der Waals surface area (Å²) in [5.74, 6) is -2.84. The quantitative estimate of drug-likeness (QED) is 0.875. The van der Waals surface area contributed by atoms with Crippen LogP contribution in [0.25, 0.3) is 0 Å². The van der Waals surface area contributed by atoms with E-state index in [-0.39, 0.29) is 10.5 Å². The number of halogens is 1. The molecule has 0 saturated carbocycles. The van der Waals surface area contributed by atoms with Gasteiger partial charge in [0, 0.05) is 6.26 Å². The van der Waals surface area contributed by atoms with Gasteiger partial charge in [-0.15, -0.1) is 0 Å². The average molecular weight is 246 g/mol. The van der Waals surface area contributed by atoms with Crippen LogP contribution in [0.15, 0.2) is 23.1 Å². The van der Waals surface area contributed by atoms with E-state index in [1.54, 1.807) is 0 Å². The Morgan fingerprint density at radius 3 is 2.38 bits per heavy atom. The number of hydrogen-bond donors (Lipinski definition) is 1. The van der Waals surface area contributed by atoms with E-state index in [1.807, 2.05) is 0 Å². The third-order valence-electron chi connectivity index (χ3n) is 2.19. The lowest BCUT2D eigenvalue weighted by molar-refractivity contribution is -0.138. The summed E-state index contributed by atoms with van der Waals surface area (Å²) in [4.78, 5) is 10.5. The Balaban J connectivity index is 3.34. The molecule has 0 amide bonds. The van der Waals surface area contributed by atoms with Crippen molar-refractivity contribution >= 4 is 15.8 Å². The van der Waals surface area contributed by atoms with Crippen molar-refractivity contribution in [3.8, 4) is 0 Å². The Kier molecular flexibility index (Phi) is 3.32. The van der Waals surface area contributed by atoms with Crippen molar-refractivity contribution in [2.45, 2.75) is 17.7 Å². The van der Waals surface area contributed by atoms with Crippen molar-refractivity contribution in [1.82, 2.24) is 0 Å². The summed E-state index contributed by atoms with van der Waals surface area (Å²) >= 11 is 0. The van der Waals surface area contributed by atoms with Gasteiger partial charge in [0.25, 0.3) is 0 Å². The number of carbonyl (C=O) groups is 1. The van der Waals surface area contributed by atoms with E-state index in [4.69, 9.17) is 5.11 Å². The van der Waals surface area contributed by atoms with E-state index in [1.165, 1.54) is 13.0 Å². The number of sulfone groups is 1. The fourth-order valence-electron chi connectivity index (χ4n) is 1.19. The van der Waals surface area contributed by atoms with Crippen LogP contribution in [0.5, 0.6) is 0 Å². The lowest BCUT2D eigenvalue weighted by atomic mass is 10.0. The van der Waals surface area contributed by atoms with Gasteiger partial charge in [-0.25, -0.2) is 12.8 Å². The van der Waals surface area contributed by atoms with Gasteiger partial charge in [0.05, 0.1) is 10.8 Å². The maximum atomic E-state index is 13.1. The lowest BCUT2D eigenvalue weighted by Crippen LogP contribution is -2.09. The van der Waals surface area contributed by atoms with Crippen LogP contribution in [-0.4, -0.2) is 25.7 Å². The molecule has 0 aliphatic heterocycles. The van der Waals surface area contributed by atoms with Crippen LogP contribution in [0, 0.1) is 5.82 Å². The van der Waals surface area contributed by atoms with Crippen molar-refractivity contribution in [2.75, 3.05) is 6.26 Å². The van der Waals surface area contributed by atoms with E-state index in [0.29, 0.717) is 0 Å². The summed E-state index contributed by atoms with van der Waals surface area (Å²) in [5.41, 5.74) is 0.132. The van der Waals surface area contributed by atoms with Crippen LogP contribution in [0.3, 0.4) is 0 Å². The van der Waals surface area contributed by atoms with E-state index in [0.717, 1.165) is 18.4 Å². The van der Waals surface area contributed by atoms with Gasteiger partial charge >= 0.3 is 5.97 Å². The summed E-state index contributed by atoms with van der Waals surface area (Å²) in [6.45, 7) is 1.36. The largest absolute Gasteiger partial charge is 0.481 e. The SMILES string of the molecule is CC(C(=O)O)c1cc(F)cc(S(C)(=O)=O)c1. The zero-order valence-electron chi connectivity index (χ0n) is 8.77. The molecule has 0 aliphatic carbocycles. The number of rotatable bonds is 3. The van der Waals surface area contributed by atoms with Crippen molar-refractivity contribution in [3.63, 3.8) is 0 Å². The summed E-state index contributed by atoms with van der Waals surface area (Å²) in [6, 6.07) is 3.07. The molecule has 1 aromatic rings. The minimum Gasteiger partial charge on any atom is -0.481 e. The fourth-order valence-corrected chi connectivity index (χ4v) is 1.87. The molecule has 6 heteroatoms. The first-order chi connectivity index (χ1) is 7.21. The van der Waals surface area contributed by atoms with Crippen LogP contribution in [0.2, 0.25) is 0 Å². The van der Waals surface area contributed by atoms with Crippen molar-refractivity contribution in [2.24, 2.45) is 0 Å². The highest BCUT2D eigenvalue weighted by molar-refractivity contribution is 7.90. The van der Waals surface area contributed by atoms with Gasteiger partial charge in [-0.05, 0) is 30.7 Å². The molecule has 16 heavy (non-hydrogen) atoms. The van der Waals surface area contributed by atoms with Gasteiger partial charge in [-0.2, -0.15) is 0 Å². The predicted octanol–water partition coefficient (Wildman–Crippen LogP) is 1.42. The molecule has 0 aliphatic rings. The molecule has 0 fully saturated rings. The van der Waals surface area contributed by atoms with Crippen molar-refractivity contribution < 1.29 is 22.7 Å². The molecule has 0 spiro atoms. The molecule has 0 bridgehead atoms. The van der Waals surface area contributed by atoms with Crippen LogP contribution in [0.1, 0.15) is 18.4 Å². The Morgan fingerprint density at radius 1 is 1.38 bits per heavy atom. The zero-order chi connectivity index (χ0) is 12.5. The highest BCUT2D eigenvalue weighted by Crippen LogP contribution is 2.21. The smallest absolute Gasteiger partial charge is 0.310 e. The first kappa shape index (κ1) is 12.6.